The smallest absolute Gasteiger partial charge is 0.335 e. The zero-order valence-corrected chi connectivity index (χ0v) is 37.8. The third-order valence-electron chi connectivity index (χ3n) is 10.5. The number of carbonyl (C=O) groups is 4. The molecule has 0 unspecified atom stereocenters. The molecule has 0 atom stereocenters. The number of hydrogen-bond donors (Lipinski definition) is 7. The van der Waals surface area contributed by atoms with Gasteiger partial charge in [0, 0.05) is 0 Å². The van der Waals surface area contributed by atoms with Gasteiger partial charge in [-0.25, -0.2) is 28.5 Å². The van der Waals surface area contributed by atoms with Crippen LogP contribution in [0, 0.1) is 36.5 Å². The number of benzene rings is 2. The molecule has 0 bridgehead atoms. The van der Waals surface area contributed by atoms with Crippen LogP contribution in [-0.2, 0) is 12.8 Å². The Morgan fingerprint density at radius 2 is 0.915 bits per heavy atom. The summed E-state index contributed by atoms with van der Waals surface area (Å²) >= 11 is 0. The molecule has 2 aromatic carbocycles. The van der Waals surface area contributed by atoms with E-state index in [1.807, 2.05) is 26.0 Å². The monoisotopic (exact) mass is 965 g/mol. The quantitative estimate of drug-likeness (QED) is 0.0474. The summed E-state index contributed by atoms with van der Waals surface area (Å²) in [6.45, 7) is 6.85. The average molecular weight is 966 g/mol. The number of carboxylic acid groups (broad SMARTS) is 4. The highest BCUT2D eigenvalue weighted by molar-refractivity contribution is 5.96. The molecular formula is C43H39N19O9. The van der Waals surface area contributed by atoms with Crippen LogP contribution in [0.25, 0.3) is 23.3 Å². The number of aromatic nitrogens is 11. The molecule has 5 heterocycles. The number of azo groups is 2. The average Bonchev–Trinajstić information content (AvgIpc) is 4.05. The summed E-state index contributed by atoms with van der Waals surface area (Å²) in [5.74, 6) is -7.13. The van der Waals surface area contributed by atoms with Gasteiger partial charge in [0.05, 0.1) is 56.4 Å². The Labute approximate surface area is 399 Å². The summed E-state index contributed by atoms with van der Waals surface area (Å²) in [6.07, 6.45) is 3.16. The van der Waals surface area contributed by atoms with Crippen LogP contribution >= 0.6 is 0 Å². The molecule has 0 fully saturated rings. The molecular weight excluding hydrogens is 927 g/mol. The number of unbranched alkanes of at least 4 members (excludes halogenated alkanes) is 2. The number of nitriles is 2. The van der Waals surface area contributed by atoms with E-state index in [1.54, 1.807) is 0 Å². The largest absolute Gasteiger partial charge is 0.479 e. The summed E-state index contributed by atoms with van der Waals surface area (Å²) in [4.78, 5) is 60.2. The van der Waals surface area contributed by atoms with Crippen molar-refractivity contribution < 1.29 is 44.7 Å². The van der Waals surface area contributed by atoms with E-state index in [1.165, 1.54) is 13.8 Å². The summed E-state index contributed by atoms with van der Waals surface area (Å²) in [5, 5.41) is 105. The molecule has 0 amide bonds. The van der Waals surface area contributed by atoms with E-state index in [2.05, 4.69) is 55.8 Å². The van der Waals surface area contributed by atoms with Gasteiger partial charge in [-0.15, -0.1) is 20.5 Å². The van der Waals surface area contributed by atoms with Gasteiger partial charge in [-0.2, -0.15) is 55.2 Å². The maximum Gasteiger partial charge on any atom is 0.335 e. The van der Waals surface area contributed by atoms with Crippen LogP contribution in [0.4, 0.5) is 34.6 Å². The molecule has 360 valence electrons. The van der Waals surface area contributed by atoms with Crippen molar-refractivity contribution in [3.8, 4) is 41.4 Å². The van der Waals surface area contributed by atoms with Crippen molar-refractivity contribution in [3.63, 3.8) is 0 Å². The maximum absolute atomic E-state index is 11.9. The van der Waals surface area contributed by atoms with E-state index in [-0.39, 0.29) is 127 Å². The van der Waals surface area contributed by atoms with Crippen LogP contribution in [0.5, 0.6) is 6.01 Å². The SMILES string of the molecule is CCCCc1nn(-c2nc(O)nc(-n3nc(CCCC)c(N=Nc4c(C#N)c(C)nn4-c4cc(C(=O)O)cc(C(=O)O)c4)c3N)n2)c(N)c1N=Nc1c(C#N)c(C)nn1-c1cc(C(=O)O)cc(C(=O)O)c1. The van der Waals surface area contributed by atoms with Gasteiger partial charge in [0.2, 0.25) is 0 Å². The molecule has 0 aliphatic heterocycles. The lowest BCUT2D eigenvalue weighted by atomic mass is 10.1. The second-order valence-corrected chi connectivity index (χ2v) is 15.4. The van der Waals surface area contributed by atoms with Crippen LogP contribution in [0.1, 0.15) is 115 Å². The number of anilines is 2. The molecule has 28 nitrogen and oxygen atoms in total. The number of hydrogen-bond acceptors (Lipinski definition) is 20. The Kier molecular flexibility index (Phi) is 13.7. The lowest BCUT2D eigenvalue weighted by molar-refractivity contribution is 0.0676. The predicted octanol–water partition coefficient (Wildman–Crippen LogP) is 6.15. The van der Waals surface area contributed by atoms with E-state index >= 15 is 0 Å². The van der Waals surface area contributed by atoms with Gasteiger partial charge in [-0.05, 0) is 75.9 Å². The molecule has 7 aromatic rings. The van der Waals surface area contributed by atoms with Gasteiger partial charge in [-0.1, -0.05) is 26.7 Å². The first-order chi connectivity index (χ1) is 33.9. The van der Waals surface area contributed by atoms with Gasteiger partial charge in [0.15, 0.2) is 34.6 Å². The Morgan fingerprint density at radius 1 is 0.563 bits per heavy atom. The number of carboxylic acids is 4. The predicted molar refractivity (Wildman–Crippen MR) is 244 cm³/mol. The number of aryl methyl sites for hydroxylation is 4. The number of nitrogens with zero attached hydrogens (tertiary/aromatic N) is 17. The Bertz CT molecular complexity index is 3190. The first kappa shape index (κ1) is 48.7. The first-order valence-electron chi connectivity index (χ1n) is 21.2. The van der Waals surface area contributed by atoms with Crippen molar-refractivity contribution >= 4 is 58.5 Å². The lowest BCUT2D eigenvalue weighted by Gasteiger charge is -2.07. The summed E-state index contributed by atoms with van der Waals surface area (Å²) in [6, 6.07) is 9.71. The third-order valence-corrected chi connectivity index (χ3v) is 10.5. The first-order valence-corrected chi connectivity index (χ1v) is 21.2. The minimum atomic E-state index is -1.41. The van der Waals surface area contributed by atoms with Crippen molar-refractivity contribution in [2.45, 2.75) is 66.2 Å². The van der Waals surface area contributed by atoms with Gasteiger partial charge < -0.3 is 37.0 Å². The van der Waals surface area contributed by atoms with Crippen molar-refractivity contribution in [1.82, 2.24) is 54.1 Å². The summed E-state index contributed by atoms with van der Waals surface area (Å²) in [5.41, 5.74) is 12.5. The third kappa shape index (κ3) is 9.64. The molecule has 0 aliphatic rings. The van der Waals surface area contributed by atoms with E-state index < -0.39 is 29.9 Å². The molecule has 7 rings (SSSR count). The molecule has 71 heavy (non-hydrogen) atoms. The fraction of sp³-hybridized carbons (Fsp3) is 0.233. The summed E-state index contributed by atoms with van der Waals surface area (Å²) in [7, 11) is 0. The standard InChI is InChI=1S/C43H39N19O9/c1-5-7-9-29-31(51-53-35-27(17-44)19(3)55-59(35)25-13-21(37(63)64)11-22(14-25)38(65)66)33(46)61(57-29)41-48-42(50-43(71)49-41)62-34(47)32(30(58-62)10-8-6-2)52-54-36-28(18-45)20(4)56-60(36)26-15-23(39(67)68)12-24(16-26)40(69)70/h11-16H,5-10,46-47H2,1-4H3,(H,63,64)(H,65,66)(H,67,68)(H,69,70)(H,48,49,50,71). The van der Waals surface area contributed by atoms with Crippen molar-refractivity contribution in [2.75, 3.05) is 11.5 Å². The van der Waals surface area contributed by atoms with Crippen molar-refractivity contribution in [2.24, 2.45) is 20.5 Å². The Balaban J connectivity index is 1.32. The normalized spacial score (nSPS) is 11.4. The van der Waals surface area contributed by atoms with Crippen LogP contribution in [-0.4, -0.2) is 103 Å². The molecule has 0 aliphatic carbocycles. The van der Waals surface area contributed by atoms with Crippen LogP contribution in [0.2, 0.25) is 0 Å². The highest BCUT2D eigenvalue weighted by Gasteiger charge is 2.26. The van der Waals surface area contributed by atoms with Crippen molar-refractivity contribution in [1.29, 1.82) is 10.5 Å². The molecule has 28 heteroatoms. The topological polar surface area (TPSA) is 428 Å². The molecule has 0 spiro atoms. The van der Waals surface area contributed by atoms with E-state index in [4.69, 9.17) is 11.5 Å². The maximum atomic E-state index is 11.9. The van der Waals surface area contributed by atoms with Crippen LogP contribution in [0.15, 0.2) is 56.9 Å². The Morgan fingerprint density at radius 3 is 1.23 bits per heavy atom. The number of nitrogens with two attached hydrogens (primary N) is 2. The van der Waals surface area contributed by atoms with Gasteiger partial charge >= 0.3 is 29.9 Å². The molecule has 9 N–H and O–H groups in total. The van der Waals surface area contributed by atoms with Gasteiger partial charge in [0.1, 0.15) is 23.3 Å². The molecule has 5 aromatic heterocycles. The fourth-order valence-corrected chi connectivity index (χ4v) is 7.01. The zero-order chi connectivity index (χ0) is 51.4. The van der Waals surface area contributed by atoms with E-state index in [0.717, 1.165) is 55.1 Å². The minimum absolute atomic E-state index is 0.0112. The van der Waals surface area contributed by atoms with E-state index in [9.17, 15) is 55.2 Å². The second-order valence-electron chi connectivity index (χ2n) is 15.4. The van der Waals surface area contributed by atoms with Crippen molar-refractivity contribution in [3.05, 3.63) is 92.6 Å². The van der Waals surface area contributed by atoms with Gasteiger partial charge in [-0.3, -0.25) is 0 Å². The highest BCUT2D eigenvalue weighted by atomic mass is 16.4. The second kappa shape index (κ2) is 19.9. The number of aromatic hydroxyl groups is 1. The minimum Gasteiger partial charge on any atom is -0.479 e. The Hall–Kier alpha value is -10.3. The van der Waals surface area contributed by atoms with E-state index in [0.29, 0.717) is 25.7 Å². The molecule has 0 saturated heterocycles. The van der Waals surface area contributed by atoms with Crippen LogP contribution in [0.3, 0.4) is 0 Å². The fourth-order valence-electron chi connectivity index (χ4n) is 7.01. The summed E-state index contributed by atoms with van der Waals surface area (Å²) < 4.78 is 4.25. The molecule has 0 radical (unpaired) electrons. The number of aromatic carboxylic acids is 4. The number of nitrogen functional groups attached to an aromatic ring is 2. The van der Waals surface area contributed by atoms with Gasteiger partial charge in [0.25, 0.3) is 11.9 Å². The highest BCUT2D eigenvalue weighted by Crippen LogP contribution is 2.37. The molecule has 0 saturated carbocycles. The lowest BCUT2D eigenvalue weighted by Crippen LogP contribution is -2.13. The number of rotatable bonds is 18. The zero-order valence-electron chi connectivity index (χ0n) is 37.8. The van der Waals surface area contributed by atoms with Crippen LogP contribution < -0.4 is 11.5 Å².